The minimum Gasteiger partial charge on any atom is -0.325 e. The summed E-state index contributed by atoms with van der Waals surface area (Å²) in [5, 5.41) is 5.53. The van der Waals surface area contributed by atoms with Crippen molar-refractivity contribution in [2.75, 3.05) is 11.9 Å². The number of carbonyl (C=O) groups is 3. The minimum atomic E-state index is -0.772. The quantitative estimate of drug-likeness (QED) is 0.828. The lowest BCUT2D eigenvalue weighted by Crippen LogP contribution is -2.44. The molecule has 0 bridgehead atoms. The molecule has 1 heterocycles. The Morgan fingerprint density at radius 2 is 1.76 bits per heavy atom. The molecule has 6 nitrogen and oxygen atoms in total. The van der Waals surface area contributed by atoms with Crippen LogP contribution in [-0.2, 0) is 15.0 Å². The van der Waals surface area contributed by atoms with Crippen LogP contribution >= 0.6 is 0 Å². The lowest BCUT2D eigenvalue weighted by atomic mass is 9.87. The van der Waals surface area contributed by atoms with E-state index in [4.69, 9.17) is 0 Å². The van der Waals surface area contributed by atoms with Gasteiger partial charge in [0.15, 0.2) is 0 Å². The molecule has 134 valence electrons. The molecule has 0 unspecified atom stereocenters. The standard InChI is InChI=1S/C19H25N3O3/c1-18(2,3)13-6-8-14(9-7-13)20-15(23)12-22-16(24)19(21-17(22)25)10-4-5-11-19/h6-9H,4-5,10-12H2,1-3H3,(H,20,23)(H,21,25). The fourth-order valence-electron chi connectivity index (χ4n) is 3.53. The topological polar surface area (TPSA) is 78.5 Å². The van der Waals surface area contributed by atoms with Crippen LogP contribution in [0, 0.1) is 0 Å². The summed E-state index contributed by atoms with van der Waals surface area (Å²) in [6.45, 7) is 6.11. The molecule has 1 saturated heterocycles. The van der Waals surface area contributed by atoms with E-state index >= 15 is 0 Å². The fraction of sp³-hybridized carbons (Fsp3) is 0.526. The van der Waals surface area contributed by atoms with Crippen LogP contribution in [0.25, 0.3) is 0 Å². The van der Waals surface area contributed by atoms with Gasteiger partial charge in [-0.15, -0.1) is 0 Å². The van der Waals surface area contributed by atoms with Crippen LogP contribution < -0.4 is 10.6 Å². The molecule has 1 aromatic carbocycles. The van der Waals surface area contributed by atoms with Gasteiger partial charge in [-0.05, 0) is 36.0 Å². The first-order chi connectivity index (χ1) is 11.7. The van der Waals surface area contributed by atoms with Gasteiger partial charge in [0.2, 0.25) is 5.91 Å². The minimum absolute atomic E-state index is 0.0399. The van der Waals surface area contributed by atoms with Crippen LogP contribution in [-0.4, -0.2) is 34.8 Å². The van der Waals surface area contributed by atoms with Gasteiger partial charge in [0, 0.05) is 5.69 Å². The van der Waals surface area contributed by atoms with E-state index in [0.29, 0.717) is 18.5 Å². The van der Waals surface area contributed by atoms with E-state index in [0.717, 1.165) is 17.7 Å². The van der Waals surface area contributed by atoms with Crippen LogP contribution in [0.3, 0.4) is 0 Å². The van der Waals surface area contributed by atoms with Crippen molar-refractivity contribution >= 4 is 23.5 Å². The Balaban J connectivity index is 1.63. The molecule has 3 rings (SSSR count). The first-order valence-electron chi connectivity index (χ1n) is 8.76. The van der Waals surface area contributed by atoms with Gasteiger partial charge < -0.3 is 10.6 Å². The molecule has 1 spiro atoms. The summed E-state index contributed by atoms with van der Waals surface area (Å²) in [5.74, 6) is -0.643. The molecule has 2 fully saturated rings. The maximum atomic E-state index is 12.5. The van der Waals surface area contributed by atoms with Gasteiger partial charge in [-0.2, -0.15) is 0 Å². The average molecular weight is 343 g/mol. The maximum Gasteiger partial charge on any atom is 0.325 e. The Morgan fingerprint density at radius 3 is 2.32 bits per heavy atom. The molecule has 1 aliphatic carbocycles. The predicted molar refractivity (Wildman–Crippen MR) is 95.2 cm³/mol. The summed E-state index contributed by atoms with van der Waals surface area (Å²) in [6, 6.07) is 7.14. The monoisotopic (exact) mass is 343 g/mol. The van der Waals surface area contributed by atoms with Crippen LogP contribution in [0.1, 0.15) is 52.0 Å². The largest absolute Gasteiger partial charge is 0.325 e. The van der Waals surface area contributed by atoms with Crippen LogP contribution in [0.5, 0.6) is 0 Å². The molecule has 1 aliphatic heterocycles. The molecule has 2 aliphatic rings. The lowest BCUT2D eigenvalue weighted by Gasteiger charge is -2.20. The summed E-state index contributed by atoms with van der Waals surface area (Å²) >= 11 is 0. The van der Waals surface area contributed by atoms with Crippen LogP contribution in [0.4, 0.5) is 10.5 Å². The smallest absolute Gasteiger partial charge is 0.325 e. The number of benzene rings is 1. The molecular formula is C19H25N3O3. The second-order valence-electron chi connectivity index (χ2n) is 7.99. The second kappa shape index (κ2) is 6.17. The molecular weight excluding hydrogens is 318 g/mol. The first-order valence-corrected chi connectivity index (χ1v) is 8.76. The molecule has 0 radical (unpaired) electrons. The van der Waals surface area contributed by atoms with Gasteiger partial charge in [-0.1, -0.05) is 45.7 Å². The summed E-state index contributed by atoms with van der Waals surface area (Å²) in [4.78, 5) is 37.9. The van der Waals surface area contributed by atoms with Crippen molar-refractivity contribution in [2.24, 2.45) is 0 Å². The normalized spacial score (nSPS) is 19.4. The third-order valence-electron chi connectivity index (χ3n) is 5.04. The SMILES string of the molecule is CC(C)(C)c1ccc(NC(=O)CN2C(=O)NC3(CCCC3)C2=O)cc1. The van der Waals surface area contributed by atoms with Crippen molar-refractivity contribution < 1.29 is 14.4 Å². The highest BCUT2D eigenvalue weighted by molar-refractivity contribution is 6.10. The molecule has 25 heavy (non-hydrogen) atoms. The van der Waals surface area contributed by atoms with Gasteiger partial charge >= 0.3 is 6.03 Å². The highest BCUT2D eigenvalue weighted by Gasteiger charge is 2.52. The Kier molecular flexibility index (Phi) is 4.31. The Morgan fingerprint density at radius 1 is 1.16 bits per heavy atom. The van der Waals surface area contributed by atoms with E-state index < -0.39 is 11.6 Å². The van der Waals surface area contributed by atoms with Crippen molar-refractivity contribution in [3.8, 4) is 0 Å². The number of hydrogen-bond donors (Lipinski definition) is 2. The van der Waals surface area contributed by atoms with E-state index in [1.165, 1.54) is 5.56 Å². The van der Waals surface area contributed by atoms with Gasteiger partial charge in [-0.3, -0.25) is 14.5 Å². The molecule has 1 aromatic rings. The van der Waals surface area contributed by atoms with E-state index in [1.54, 1.807) is 0 Å². The summed E-state index contributed by atoms with van der Waals surface area (Å²) < 4.78 is 0. The number of amides is 4. The third-order valence-corrected chi connectivity index (χ3v) is 5.04. The zero-order valence-corrected chi connectivity index (χ0v) is 15.0. The summed E-state index contributed by atoms with van der Waals surface area (Å²) in [5.41, 5.74) is 1.09. The fourth-order valence-corrected chi connectivity index (χ4v) is 3.53. The molecule has 2 N–H and O–H groups in total. The number of carbonyl (C=O) groups excluding carboxylic acids is 3. The maximum absolute atomic E-state index is 12.5. The van der Waals surface area contributed by atoms with Gasteiger partial charge in [-0.25, -0.2) is 4.79 Å². The van der Waals surface area contributed by atoms with E-state index in [-0.39, 0.29) is 23.8 Å². The van der Waals surface area contributed by atoms with Crippen molar-refractivity contribution in [1.82, 2.24) is 10.2 Å². The average Bonchev–Trinajstić information content (AvgIpc) is 3.08. The van der Waals surface area contributed by atoms with E-state index in [1.807, 2.05) is 24.3 Å². The number of nitrogens with zero attached hydrogens (tertiary/aromatic N) is 1. The molecule has 6 heteroatoms. The Bertz CT molecular complexity index is 698. The van der Waals surface area contributed by atoms with Gasteiger partial charge in [0.25, 0.3) is 5.91 Å². The Hall–Kier alpha value is -2.37. The second-order valence-corrected chi connectivity index (χ2v) is 7.99. The van der Waals surface area contributed by atoms with Crippen LogP contribution in [0.15, 0.2) is 24.3 Å². The number of urea groups is 1. The lowest BCUT2D eigenvalue weighted by molar-refractivity contribution is -0.133. The number of anilines is 1. The summed E-state index contributed by atoms with van der Waals surface area (Å²) in [7, 11) is 0. The highest BCUT2D eigenvalue weighted by atomic mass is 16.2. The predicted octanol–water partition coefficient (Wildman–Crippen LogP) is 2.79. The highest BCUT2D eigenvalue weighted by Crippen LogP contribution is 2.35. The molecule has 4 amide bonds. The van der Waals surface area contributed by atoms with Gasteiger partial charge in [0.1, 0.15) is 12.1 Å². The molecule has 0 aromatic heterocycles. The van der Waals surface area contributed by atoms with Crippen molar-refractivity contribution in [1.29, 1.82) is 0 Å². The van der Waals surface area contributed by atoms with Gasteiger partial charge in [0.05, 0.1) is 0 Å². The number of nitrogens with one attached hydrogen (secondary N) is 2. The zero-order valence-electron chi connectivity index (χ0n) is 15.0. The third kappa shape index (κ3) is 3.38. The molecule has 1 saturated carbocycles. The molecule has 0 atom stereocenters. The first kappa shape index (κ1) is 17.5. The number of rotatable bonds is 3. The van der Waals surface area contributed by atoms with Crippen molar-refractivity contribution in [3.05, 3.63) is 29.8 Å². The van der Waals surface area contributed by atoms with Crippen LogP contribution in [0.2, 0.25) is 0 Å². The van der Waals surface area contributed by atoms with E-state index in [2.05, 4.69) is 31.4 Å². The Labute approximate surface area is 148 Å². The summed E-state index contributed by atoms with van der Waals surface area (Å²) in [6.07, 6.45) is 3.16. The number of imide groups is 1. The van der Waals surface area contributed by atoms with Crippen molar-refractivity contribution in [2.45, 2.75) is 57.4 Å². The number of hydrogen-bond acceptors (Lipinski definition) is 3. The van der Waals surface area contributed by atoms with E-state index in [9.17, 15) is 14.4 Å². The zero-order chi connectivity index (χ0) is 18.2. The van der Waals surface area contributed by atoms with Crippen molar-refractivity contribution in [3.63, 3.8) is 0 Å².